The highest BCUT2D eigenvalue weighted by atomic mass is 35.5. The Labute approximate surface area is 216 Å². The third-order valence-corrected chi connectivity index (χ3v) is 7.59. The minimum atomic E-state index is -4.64. The average molecular weight is 555 g/mol. The van der Waals surface area contributed by atoms with Gasteiger partial charge in [-0.3, -0.25) is 9.10 Å². The Morgan fingerprint density at radius 2 is 1.68 bits per heavy atom. The van der Waals surface area contributed by atoms with Gasteiger partial charge in [-0.25, -0.2) is 13.2 Å². The van der Waals surface area contributed by atoms with Gasteiger partial charge in [0, 0.05) is 11.6 Å². The van der Waals surface area contributed by atoms with Crippen LogP contribution in [0.25, 0.3) is 0 Å². The molecule has 0 bridgehead atoms. The maximum absolute atomic E-state index is 13.5. The zero-order valence-electron chi connectivity index (χ0n) is 19.7. The Morgan fingerprint density at radius 1 is 1.03 bits per heavy atom. The smallest absolute Gasteiger partial charge is 0.416 e. The van der Waals surface area contributed by atoms with Gasteiger partial charge in [0.05, 0.1) is 28.8 Å². The van der Waals surface area contributed by atoms with Crippen molar-refractivity contribution in [1.82, 2.24) is 5.32 Å². The van der Waals surface area contributed by atoms with Crippen LogP contribution in [0.3, 0.4) is 0 Å². The fourth-order valence-corrected chi connectivity index (χ4v) is 5.07. The summed E-state index contributed by atoms with van der Waals surface area (Å²) in [5.74, 6) is -1.25. The molecule has 1 amide bonds. The van der Waals surface area contributed by atoms with Crippen LogP contribution in [0.4, 0.5) is 18.9 Å². The van der Waals surface area contributed by atoms with E-state index in [1.807, 2.05) is 0 Å². The van der Waals surface area contributed by atoms with Crippen molar-refractivity contribution in [2.75, 3.05) is 18.0 Å². The molecule has 0 aliphatic heterocycles. The van der Waals surface area contributed by atoms with Gasteiger partial charge < -0.3 is 10.1 Å². The Balaban J connectivity index is 1.90. The van der Waals surface area contributed by atoms with Crippen molar-refractivity contribution in [3.05, 3.63) is 94.0 Å². The lowest BCUT2D eigenvalue weighted by molar-refractivity contribution is -0.137. The predicted octanol–water partition coefficient (Wildman–Crippen LogP) is 4.97. The molecule has 0 unspecified atom stereocenters. The zero-order chi connectivity index (χ0) is 27.4. The number of esters is 1. The summed E-state index contributed by atoms with van der Waals surface area (Å²) in [5, 5.41) is 2.83. The average Bonchev–Trinajstić information content (AvgIpc) is 2.87. The number of anilines is 1. The highest BCUT2D eigenvalue weighted by Gasteiger charge is 2.33. The van der Waals surface area contributed by atoms with Crippen molar-refractivity contribution in [2.45, 2.75) is 24.5 Å². The van der Waals surface area contributed by atoms with Crippen molar-refractivity contribution in [3.8, 4) is 0 Å². The van der Waals surface area contributed by atoms with E-state index in [4.69, 9.17) is 11.6 Å². The number of alkyl halides is 3. The van der Waals surface area contributed by atoms with Crippen LogP contribution >= 0.6 is 11.6 Å². The van der Waals surface area contributed by atoms with Crippen molar-refractivity contribution in [1.29, 1.82) is 0 Å². The molecule has 7 nitrogen and oxygen atoms in total. The number of nitrogens with zero attached hydrogens (tertiary/aromatic N) is 1. The number of rotatable bonds is 8. The fraction of sp³-hybridized carbons (Fsp3) is 0.200. The van der Waals surface area contributed by atoms with Gasteiger partial charge in [-0.15, -0.1) is 0 Å². The molecule has 0 heterocycles. The molecule has 37 heavy (non-hydrogen) atoms. The number of benzene rings is 3. The van der Waals surface area contributed by atoms with Crippen molar-refractivity contribution >= 4 is 39.2 Å². The Bertz CT molecular complexity index is 1410. The van der Waals surface area contributed by atoms with E-state index in [-0.39, 0.29) is 22.8 Å². The largest absolute Gasteiger partial charge is 0.465 e. The number of carbonyl (C=O) groups excluding carboxylic acids is 2. The summed E-state index contributed by atoms with van der Waals surface area (Å²) in [6, 6.07) is 13.8. The van der Waals surface area contributed by atoms with E-state index in [0.29, 0.717) is 23.3 Å². The number of hydrogen-bond acceptors (Lipinski definition) is 5. The molecular formula is C25H22ClF3N2O5S. The monoisotopic (exact) mass is 554 g/mol. The first kappa shape index (κ1) is 28.0. The quantitative estimate of drug-likeness (QED) is 0.397. The topological polar surface area (TPSA) is 92.8 Å². The van der Waals surface area contributed by atoms with E-state index in [1.165, 1.54) is 37.4 Å². The zero-order valence-corrected chi connectivity index (χ0v) is 21.2. The second-order valence-corrected chi connectivity index (χ2v) is 10.2. The summed E-state index contributed by atoms with van der Waals surface area (Å²) in [4.78, 5) is 24.1. The third kappa shape index (κ3) is 6.60. The molecule has 196 valence electrons. The van der Waals surface area contributed by atoms with Crippen LogP contribution in [-0.4, -0.2) is 33.9 Å². The molecule has 0 saturated heterocycles. The molecule has 3 aromatic rings. The summed E-state index contributed by atoms with van der Waals surface area (Å²) >= 11 is 6.17. The van der Waals surface area contributed by atoms with E-state index >= 15 is 0 Å². The SMILES string of the molecule is COC(=O)c1cccc(CNC(=O)CN(c2cccc(Cl)c2C)S(=O)(=O)c2ccc(C(F)(F)F)cc2)c1. The highest BCUT2D eigenvalue weighted by molar-refractivity contribution is 7.92. The lowest BCUT2D eigenvalue weighted by Gasteiger charge is -2.26. The van der Waals surface area contributed by atoms with Crippen LogP contribution in [0.5, 0.6) is 0 Å². The third-order valence-electron chi connectivity index (χ3n) is 5.40. The Morgan fingerprint density at radius 3 is 2.30 bits per heavy atom. The predicted molar refractivity (Wildman–Crippen MR) is 132 cm³/mol. The second kappa shape index (κ2) is 11.2. The number of amides is 1. The van der Waals surface area contributed by atoms with Gasteiger partial charge in [0.2, 0.25) is 5.91 Å². The van der Waals surface area contributed by atoms with E-state index in [9.17, 15) is 31.2 Å². The van der Waals surface area contributed by atoms with E-state index in [1.54, 1.807) is 19.1 Å². The molecule has 12 heteroatoms. The summed E-state index contributed by atoms with van der Waals surface area (Å²) in [5.41, 5.74) is 0.278. The fourth-order valence-electron chi connectivity index (χ4n) is 3.42. The molecule has 0 aromatic heterocycles. The highest BCUT2D eigenvalue weighted by Crippen LogP contribution is 2.33. The first-order valence-corrected chi connectivity index (χ1v) is 12.6. The molecule has 0 spiro atoms. The lowest BCUT2D eigenvalue weighted by atomic mass is 10.1. The molecular weight excluding hydrogens is 533 g/mol. The number of halogens is 4. The minimum absolute atomic E-state index is 0.0215. The maximum atomic E-state index is 13.5. The van der Waals surface area contributed by atoms with Gasteiger partial charge in [0.1, 0.15) is 6.54 Å². The number of sulfonamides is 1. The van der Waals surface area contributed by atoms with Crippen LogP contribution in [0.2, 0.25) is 5.02 Å². The molecule has 3 aromatic carbocycles. The molecule has 0 aliphatic rings. The summed E-state index contributed by atoms with van der Waals surface area (Å²) in [7, 11) is -3.23. The number of methoxy groups -OCH3 is 1. The first-order valence-electron chi connectivity index (χ1n) is 10.7. The number of nitrogens with one attached hydrogen (secondary N) is 1. The van der Waals surface area contributed by atoms with Crippen LogP contribution in [-0.2, 0) is 32.3 Å². The molecule has 3 rings (SSSR count). The van der Waals surface area contributed by atoms with E-state index < -0.39 is 45.1 Å². The Hall–Kier alpha value is -3.57. The van der Waals surface area contributed by atoms with Crippen LogP contribution in [0.15, 0.2) is 71.6 Å². The van der Waals surface area contributed by atoms with Crippen LogP contribution in [0, 0.1) is 6.92 Å². The van der Waals surface area contributed by atoms with Crippen molar-refractivity contribution < 1.29 is 35.9 Å². The number of carbonyl (C=O) groups is 2. The normalized spacial score (nSPS) is 11.6. The molecule has 0 fully saturated rings. The van der Waals surface area contributed by atoms with Gasteiger partial charge in [0.25, 0.3) is 10.0 Å². The molecule has 0 atom stereocenters. The standard InChI is InChI=1S/C25H22ClF3N2O5S/c1-16-21(26)7-4-8-22(16)31(37(34,35)20-11-9-19(10-12-20)25(27,28)29)15-23(32)30-14-17-5-3-6-18(13-17)24(33)36-2/h3-13H,14-15H2,1-2H3,(H,30,32). The first-order chi connectivity index (χ1) is 17.3. The Kier molecular flexibility index (Phi) is 8.49. The van der Waals surface area contributed by atoms with Crippen molar-refractivity contribution in [3.63, 3.8) is 0 Å². The molecule has 1 N–H and O–H groups in total. The van der Waals surface area contributed by atoms with E-state index in [2.05, 4.69) is 10.1 Å². The summed E-state index contributed by atoms with van der Waals surface area (Å²) < 4.78 is 71.4. The minimum Gasteiger partial charge on any atom is -0.465 e. The maximum Gasteiger partial charge on any atom is 0.416 e. The summed E-state index contributed by atoms with van der Waals surface area (Å²) in [6.07, 6.45) is -4.64. The van der Waals surface area contributed by atoms with Gasteiger partial charge >= 0.3 is 12.1 Å². The molecule has 0 radical (unpaired) electrons. The molecule has 0 aliphatic carbocycles. The van der Waals surface area contributed by atoms with Crippen LogP contribution in [0.1, 0.15) is 27.0 Å². The van der Waals surface area contributed by atoms with Gasteiger partial charge in [-0.05, 0) is 66.6 Å². The van der Waals surface area contributed by atoms with Gasteiger partial charge in [0.15, 0.2) is 0 Å². The second-order valence-electron chi connectivity index (χ2n) is 7.89. The van der Waals surface area contributed by atoms with Gasteiger partial charge in [-0.2, -0.15) is 13.2 Å². The van der Waals surface area contributed by atoms with Crippen molar-refractivity contribution in [2.24, 2.45) is 0 Å². The number of ether oxygens (including phenoxy) is 1. The lowest BCUT2D eigenvalue weighted by Crippen LogP contribution is -2.41. The molecule has 0 saturated carbocycles. The van der Waals surface area contributed by atoms with E-state index in [0.717, 1.165) is 16.4 Å². The summed E-state index contributed by atoms with van der Waals surface area (Å²) in [6.45, 7) is 0.858. The number of hydrogen-bond donors (Lipinski definition) is 1. The van der Waals surface area contributed by atoms with Gasteiger partial charge in [-0.1, -0.05) is 29.8 Å². The van der Waals surface area contributed by atoms with Crippen LogP contribution < -0.4 is 9.62 Å².